The fraction of sp³-hybridized carbons (Fsp3) is 0.579. The summed E-state index contributed by atoms with van der Waals surface area (Å²) in [5.74, 6) is -0.225. The van der Waals surface area contributed by atoms with Crippen molar-refractivity contribution in [2.75, 3.05) is 0 Å². The zero-order valence-electron chi connectivity index (χ0n) is 13.4. The Morgan fingerprint density at radius 1 is 0.870 bits per heavy atom. The van der Waals surface area contributed by atoms with Gasteiger partial charge >= 0.3 is 0 Å². The van der Waals surface area contributed by atoms with Crippen LogP contribution in [0.3, 0.4) is 0 Å². The van der Waals surface area contributed by atoms with E-state index in [0.29, 0.717) is 49.7 Å². The van der Waals surface area contributed by atoms with Gasteiger partial charge in [0.05, 0.1) is 11.5 Å². The van der Waals surface area contributed by atoms with Gasteiger partial charge in [-0.05, 0) is 38.0 Å². The van der Waals surface area contributed by atoms with Crippen LogP contribution in [-0.2, 0) is 9.59 Å². The van der Waals surface area contributed by atoms with Crippen LogP contribution in [0, 0.1) is 11.8 Å². The van der Waals surface area contributed by atoms with E-state index in [1.165, 1.54) is 0 Å². The number of ketones is 2. The molecule has 4 nitrogen and oxygen atoms in total. The summed E-state index contributed by atoms with van der Waals surface area (Å²) in [5.41, 5.74) is 0.793. The first-order valence-corrected chi connectivity index (χ1v) is 8.65. The summed E-state index contributed by atoms with van der Waals surface area (Å²) in [6.07, 6.45) is 9.87. The molecular weight excluding hydrogens is 292 g/mol. The molecule has 0 radical (unpaired) electrons. The number of allylic oxidation sites excluding steroid dienone is 6. The summed E-state index contributed by atoms with van der Waals surface area (Å²) >= 11 is 0. The van der Waals surface area contributed by atoms with E-state index >= 15 is 0 Å². The summed E-state index contributed by atoms with van der Waals surface area (Å²) in [7, 11) is 0. The van der Waals surface area contributed by atoms with Crippen LogP contribution in [0.25, 0.3) is 0 Å². The van der Waals surface area contributed by atoms with Gasteiger partial charge in [0.25, 0.3) is 0 Å². The van der Waals surface area contributed by atoms with Gasteiger partial charge in [0.15, 0.2) is 11.6 Å². The first-order valence-electron chi connectivity index (χ1n) is 8.65. The molecule has 0 aromatic rings. The number of rotatable bonds is 3. The van der Waals surface area contributed by atoms with Crippen molar-refractivity contribution >= 4 is 11.6 Å². The van der Waals surface area contributed by atoms with Crippen LogP contribution < -0.4 is 0 Å². The minimum absolute atomic E-state index is 0.0630. The number of carbonyl (C=O) groups is 2. The van der Waals surface area contributed by atoms with Crippen LogP contribution >= 0.6 is 0 Å². The van der Waals surface area contributed by atoms with Gasteiger partial charge in [-0.15, -0.1) is 0 Å². The molecule has 2 N–H and O–H groups in total. The number of aliphatic hydroxyl groups excluding tert-OH is 2. The van der Waals surface area contributed by atoms with Crippen LogP contribution in [0.1, 0.15) is 57.8 Å². The van der Waals surface area contributed by atoms with Crippen molar-refractivity contribution in [2.45, 2.75) is 57.8 Å². The van der Waals surface area contributed by atoms with Crippen LogP contribution in [0.4, 0.5) is 0 Å². The van der Waals surface area contributed by atoms with Crippen molar-refractivity contribution < 1.29 is 19.8 Å². The normalized spacial score (nSPS) is 26.4. The van der Waals surface area contributed by atoms with Crippen molar-refractivity contribution in [1.29, 1.82) is 0 Å². The predicted octanol–water partition coefficient (Wildman–Crippen LogP) is 4.09. The van der Waals surface area contributed by atoms with Crippen LogP contribution in [0.15, 0.2) is 34.8 Å². The molecule has 0 saturated carbocycles. The molecule has 0 amide bonds. The van der Waals surface area contributed by atoms with Crippen LogP contribution in [0.5, 0.6) is 0 Å². The van der Waals surface area contributed by atoms with Crippen molar-refractivity contribution in [3.63, 3.8) is 0 Å². The molecule has 0 fully saturated rings. The molecule has 1 unspecified atom stereocenters. The molecule has 1 atom stereocenters. The summed E-state index contributed by atoms with van der Waals surface area (Å²) in [6, 6.07) is 0. The minimum atomic E-state index is -0.444. The SMILES string of the molecule is O=C1CCCC(O)=C1C(C1=C(O)CCCC1=O)C1CC=CCC1. The molecule has 0 bridgehead atoms. The average molecular weight is 316 g/mol. The Hall–Kier alpha value is -1.84. The Morgan fingerprint density at radius 3 is 1.87 bits per heavy atom. The van der Waals surface area contributed by atoms with Gasteiger partial charge in [0.2, 0.25) is 0 Å². The van der Waals surface area contributed by atoms with Crippen molar-refractivity contribution in [1.82, 2.24) is 0 Å². The maximum absolute atomic E-state index is 12.5. The maximum Gasteiger partial charge on any atom is 0.162 e. The average Bonchev–Trinajstić information content (AvgIpc) is 2.53. The quantitative estimate of drug-likeness (QED) is 0.769. The predicted molar refractivity (Wildman–Crippen MR) is 87.0 cm³/mol. The maximum atomic E-state index is 12.5. The number of Topliss-reactive ketones (excluding diaryl/α,β-unsaturated/α-hetero) is 2. The second-order valence-corrected chi connectivity index (χ2v) is 6.80. The lowest BCUT2D eigenvalue weighted by Gasteiger charge is -2.34. The molecule has 0 heterocycles. The van der Waals surface area contributed by atoms with Crippen molar-refractivity contribution in [3.8, 4) is 0 Å². The van der Waals surface area contributed by atoms with E-state index < -0.39 is 5.92 Å². The molecule has 0 saturated heterocycles. The largest absolute Gasteiger partial charge is 0.512 e. The molecule has 0 aromatic heterocycles. The molecule has 3 aliphatic carbocycles. The second-order valence-electron chi connectivity index (χ2n) is 6.80. The highest BCUT2D eigenvalue weighted by Crippen LogP contribution is 2.43. The van der Waals surface area contributed by atoms with Gasteiger partial charge < -0.3 is 10.2 Å². The highest BCUT2D eigenvalue weighted by molar-refractivity contribution is 6.03. The number of carbonyl (C=O) groups excluding carboxylic acids is 2. The Balaban J connectivity index is 2.09. The van der Waals surface area contributed by atoms with Gasteiger partial charge in [0.1, 0.15) is 0 Å². The molecule has 23 heavy (non-hydrogen) atoms. The Bertz CT molecular complexity index is 567. The number of hydrogen-bond donors (Lipinski definition) is 2. The van der Waals surface area contributed by atoms with Crippen molar-refractivity contribution in [2.24, 2.45) is 11.8 Å². The van der Waals surface area contributed by atoms with E-state index in [9.17, 15) is 19.8 Å². The third kappa shape index (κ3) is 3.12. The molecule has 0 spiro atoms. The topological polar surface area (TPSA) is 74.6 Å². The number of hydrogen-bond acceptors (Lipinski definition) is 4. The standard InChI is InChI=1S/C19H24O4/c20-13-8-4-9-14(21)18(13)17(12-6-2-1-3-7-12)19-15(22)10-5-11-16(19)23/h1-2,12,17,20,22H,3-11H2. The fourth-order valence-electron chi connectivity index (χ4n) is 4.13. The van der Waals surface area contributed by atoms with Gasteiger partial charge in [-0.2, -0.15) is 0 Å². The lowest BCUT2D eigenvalue weighted by atomic mass is 9.69. The van der Waals surface area contributed by atoms with E-state index in [1.807, 2.05) is 0 Å². The van der Waals surface area contributed by atoms with Gasteiger partial charge in [-0.3, -0.25) is 9.59 Å². The Labute approximate surface area is 136 Å². The summed E-state index contributed by atoms with van der Waals surface area (Å²) < 4.78 is 0. The summed E-state index contributed by atoms with van der Waals surface area (Å²) in [6.45, 7) is 0. The summed E-state index contributed by atoms with van der Waals surface area (Å²) in [4.78, 5) is 25.0. The van der Waals surface area contributed by atoms with E-state index in [0.717, 1.165) is 19.3 Å². The van der Waals surface area contributed by atoms with Crippen LogP contribution in [0.2, 0.25) is 0 Å². The fourth-order valence-corrected chi connectivity index (χ4v) is 4.13. The van der Waals surface area contributed by atoms with Gasteiger partial charge in [-0.1, -0.05) is 12.2 Å². The molecule has 124 valence electrons. The lowest BCUT2D eigenvalue weighted by Crippen LogP contribution is -2.32. The smallest absolute Gasteiger partial charge is 0.162 e. The monoisotopic (exact) mass is 316 g/mol. The minimum Gasteiger partial charge on any atom is -0.512 e. The molecular formula is C19H24O4. The van der Waals surface area contributed by atoms with E-state index in [1.54, 1.807) is 0 Å². The van der Waals surface area contributed by atoms with Gasteiger partial charge in [-0.25, -0.2) is 0 Å². The first kappa shape index (κ1) is 16.0. The zero-order chi connectivity index (χ0) is 16.4. The van der Waals surface area contributed by atoms with Gasteiger partial charge in [0, 0.05) is 42.7 Å². The summed E-state index contributed by atoms with van der Waals surface area (Å²) in [5, 5.41) is 20.7. The van der Waals surface area contributed by atoms with E-state index in [4.69, 9.17) is 0 Å². The highest BCUT2D eigenvalue weighted by atomic mass is 16.3. The zero-order valence-corrected chi connectivity index (χ0v) is 13.4. The molecule has 3 rings (SSSR count). The highest BCUT2D eigenvalue weighted by Gasteiger charge is 2.40. The van der Waals surface area contributed by atoms with Crippen molar-refractivity contribution in [3.05, 3.63) is 34.8 Å². The van der Waals surface area contributed by atoms with E-state index in [2.05, 4.69) is 12.2 Å². The third-order valence-electron chi connectivity index (χ3n) is 5.26. The lowest BCUT2D eigenvalue weighted by molar-refractivity contribution is -0.117. The number of aliphatic hydroxyl groups is 2. The molecule has 4 heteroatoms. The molecule has 0 aliphatic heterocycles. The third-order valence-corrected chi connectivity index (χ3v) is 5.26. The Morgan fingerprint density at radius 2 is 1.43 bits per heavy atom. The molecule has 0 aromatic carbocycles. The van der Waals surface area contributed by atoms with Crippen LogP contribution in [-0.4, -0.2) is 21.8 Å². The molecule has 3 aliphatic rings. The first-order chi connectivity index (χ1) is 11.1. The van der Waals surface area contributed by atoms with E-state index in [-0.39, 0.29) is 29.0 Å². The Kier molecular flexibility index (Phi) is 4.69. The second kappa shape index (κ2) is 6.73.